The molecule has 18 heavy (non-hydrogen) atoms. The molecular weight excluding hydrogens is 236 g/mol. The summed E-state index contributed by atoms with van der Waals surface area (Å²) in [5.41, 5.74) is 1.03. The van der Waals surface area contributed by atoms with Crippen LogP contribution in [0.15, 0.2) is 24.3 Å². The quantitative estimate of drug-likeness (QED) is 0.782. The molecule has 0 heterocycles. The predicted molar refractivity (Wildman–Crippen MR) is 68.9 cm³/mol. The van der Waals surface area contributed by atoms with Crippen LogP contribution in [0.1, 0.15) is 32.8 Å². The zero-order chi connectivity index (χ0) is 13.6. The van der Waals surface area contributed by atoms with Crippen molar-refractivity contribution in [3.8, 4) is 5.75 Å². The van der Waals surface area contributed by atoms with Gasteiger partial charge >= 0.3 is 6.61 Å². The molecule has 0 spiro atoms. The number of halogens is 2. The number of ether oxygens (including phenoxy) is 1. The summed E-state index contributed by atoms with van der Waals surface area (Å²) in [5.74, 6) is 0.246. The second kappa shape index (κ2) is 6.69. The maximum Gasteiger partial charge on any atom is 0.387 e. The fourth-order valence-electron chi connectivity index (χ4n) is 1.55. The minimum atomic E-state index is -2.78. The molecule has 0 saturated carbocycles. The van der Waals surface area contributed by atoms with Crippen LogP contribution in [-0.2, 0) is 6.54 Å². The summed E-state index contributed by atoms with van der Waals surface area (Å²) < 4.78 is 28.9. The van der Waals surface area contributed by atoms with Crippen LogP contribution in [0.25, 0.3) is 0 Å². The molecule has 1 rings (SSSR count). The zero-order valence-electron chi connectivity index (χ0n) is 11.2. The van der Waals surface area contributed by atoms with Crippen LogP contribution in [0.4, 0.5) is 8.78 Å². The van der Waals surface area contributed by atoms with Crippen molar-refractivity contribution in [1.82, 2.24) is 5.32 Å². The van der Waals surface area contributed by atoms with Gasteiger partial charge in [0.1, 0.15) is 5.75 Å². The lowest BCUT2D eigenvalue weighted by Crippen LogP contribution is -2.20. The van der Waals surface area contributed by atoms with Gasteiger partial charge in [0.15, 0.2) is 0 Å². The van der Waals surface area contributed by atoms with Crippen LogP contribution in [0.3, 0.4) is 0 Å². The largest absolute Gasteiger partial charge is 0.434 e. The molecule has 1 aromatic rings. The lowest BCUT2D eigenvalue weighted by atomic mass is 9.92. The zero-order valence-corrected chi connectivity index (χ0v) is 11.2. The molecule has 1 aromatic carbocycles. The Morgan fingerprint density at radius 1 is 1.22 bits per heavy atom. The van der Waals surface area contributed by atoms with Gasteiger partial charge in [0, 0.05) is 12.1 Å². The third-order valence-electron chi connectivity index (χ3n) is 2.56. The van der Waals surface area contributed by atoms with Crippen LogP contribution in [-0.4, -0.2) is 13.2 Å². The molecule has 0 amide bonds. The summed E-state index contributed by atoms with van der Waals surface area (Å²) in [7, 11) is 0. The highest BCUT2D eigenvalue weighted by molar-refractivity contribution is 5.33. The number of hydrogen-bond donors (Lipinski definition) is 1. The number of rotatable bonds is 6. The van der Waals surface area contributed by atoms with E-state index < -0.39 is 6.61 Å². The Morgan fingerprint density at radius 3 is 2.50 bits per heavy atom. The van der Waals surface area contributed by atoms with Crippen LogP contribution in [0.5, 0.6) is 5.75 Å². The molecule has 0 aliphatic heterocycles. The minimum absolute atomic E-state index is 0.246. The SMILES string of the molecule is CC(C)(C)CCNCc1ccccc1OC(F)F. The van der Waals surface area contributed by atoms with Gasteiger partial charge in [-0.25, -0.2) is 0 Å². The monoisotopic (exact) mass is 257 g/mol. The Labute approximate surface area is 107 Å². The molecule has 0 fully saturated rings. The van der Waals surface area contributed by atoms with E-state index in [4.69, 9.17) is 0 Å². The molecule has 0 unspecified atom stereocenters. The Balaban J connectivity index is 2.46. The minimum Gasteiger partial charge on any atom is -0.434 e. The van der Waals surface area contributed by atoms with E-state index >= 15 is 0 Å². The van der Waals surface area contributed by atoms with Gasteiger partial charge in [-0.2, -0.15) is 8.78 Å². The topological polar surface area (TPSA) is 21.3 Å². The summed E-state index contributed by atoms with van der Waals surface area (Å²) in [4.78, 5) is 0. The van der Waals surface area contributed by atoms with Gasteiger partial charge in [-0.1, -0.05) is 39.0 Å². The Kier molecular flexibility index (Phi) is 5.54. The fraction of sp³-hybridized carbons (Fsp3) is 0.571. The summed E-state index contributed by atoms with van der Waals surface area (Å²) in [6, 6.07) is 6.87. The van der Waals surface area contributed by atoms with Crippen LogP contribution in [0.2, 0.25) is 0 Å². The second-order valence-corrected chi connectivity index (χ2v) is 5.47. The van der Waals surface area contributed by atoms with E-state index in [-0.39, 0.29) is 11.2 Å². The molecule has 0 radical (unpaired) electrons. The normalized spacial score (nSPS) is 11.9. The maximum atomic E-state index is 12.2. The molecule has 102 valence electrons. The summed E-state index contributed by atoms with van der Waals surface area (Å²) in [6.07, 6.45) is 1.03. The van der Waals surface area contributed by atoms with E-state index in [0.29, 0.717) is 6.54 Å². The van der Waals surface area contributed by atoms with Gasteiger partial charge in [-0.3, -0.25) is 0 Å². The van der Waals surface area contributed by atoms with Crippen molar-refractivity contribution in [3.63, 3.8) is 0 Å². The predicted octanol–water partition coefficient (Wildman–Crippen LogP) is 3.81. The third-order valence-corrected chi connectivity index (χ3v) is 2.56. The highest BCUT2D eigenvalue weighted by Gasteiger charge is 2.11. The Morgan fingerprint density at radius 2 is 1.89 bits per heavy atom. The molecule has 1 N–H and O–H groups in total. The second-order valence-electron chi connectivity index (χ2n) is 5.47. The third kappa shape index (κ3) is 5.96. The molecular formula is C14H21F2NO. The summed E-state index contributed by atoms with van der Waals surface area (Å²) in [5, 5.41) is 3.25. The molecule has 0 atom stereocenters. The van der Waals surface area contributed by atoms with E-state index in [1.165, 1.54) is 0 Å². The van der Waals surface area contributed by atoms with Crippen molar-refractivity contribution >= 4 is 0 Å². The van der Waals surface area contributed by atoms with Crippen molar-refractivity contribution in [3.05, 3.63) is 29.8 Å². The number of hydrogen-bond acceptors (Lipinski definition) is 2. The highest BCUT2D eigenvalue weighted by atomic mass is 19.3. The number of nitrogens with one attached hydrogen (secondary N) is 1. The first-order valence-corrected chi connectivity index (χ1v) is 6.12. The number of para-hydroxylation sites is 1. The van der Waals surface area contributed by atoms with Crippen molar-refractivity contribution in [2.75, 3.05) is 6.54 Å². The van der Waals surface area contributed by atoms with Crippen LogP contribution < -0.4 is 10.1 Å². The average Bonchev–Trinajstić information content (AvgIpc) is 2.24. The molecule has 0 saturated heterocycles. The average molecular weight is 257 g/mol. The van der Waals surface area contributed by atoms with E-state index in [9.17, 15) is 8.78 Å². The molecule has 0 aromatic heterocycles. The molecule has 0 aliphatic carbocycles. The Hall–Kier alpha value is -1.16. The van der Waals surface area contributed by atoms with E-state index in [1.54, 1.807) is 18.2 Å². The molecule has 4 heteroatoms. The van der Waals surface area contributed by atoms with Gasteiger partial charge in [-0.05, 0) is 24.4 Å². The van der Waals surface area contributed by atoms with Crippen molar-refractivity contribution < 1.29 is 13.5 Å². The van der Waals surface area contributed by atoms with Crippen LogP contribution >= 0.6 is 0 Å². The van der Waals surface area contributed by atoms with Gasteiger partial charge in [-0.15, -0.1) is 0 Å². The van der Waals surface area contributed by atoms with Crippen molar-refractivity contribution in [2.45, 2.75) is 40.3 Å². The maximum absolute atomic E-state index is 12.2. The van der Waals surface area contributed by atoms with E-state index in [2.05, 4.69) is 30.8 Å². The van der Waals surface area contributed by atoms with Crippen molar-refractivity contribution in [2.24, 2.45) is 5.41 Å². The highest BCUT2D eigenvalue weighted by Crippen LogP contribution is 2.20. The summed E-state index contributed by atoms with van der Waals surface area (Å²) >= 11 is 0. The van der Waals surface area contributed by atoms with Gasteiger partial charge in [0.25, 0.3) is 0 Å². The Bertz CT molecular complexity index is 361. The first kappa shape index (κ1) is 14.9. The van der Waals surface area contributed by atoms with Crippen LogP contribution in [0, 0.1) is 5.41 Å². The first-order chi connectivity index (χ1) is 8.38. The van der Waals surface area contributed by atoms with Gasteiger partial charge in [0.2, 0.25) is 0 Å². The molecule has 0 bridgehead atoms. The molecule has 2 nitrogen and oxygen atoms in total. The first-order valence-electron chi connectivity index (χ1n) is 6.12. The smallest absolute Gasteiger partial charge is 0.387 e. The number of alkyl halides is 2. The van der Waals surface area contributed by atoms with Gasteiger partial charge < -0.3 is 10.1 Å². The van der Waals surface area contributed by atoms with E-state index in [1.807, 2.05) is 6.07 Å². The lowest BCUT2D eigenvalue weighted by molar-refractivity contribution is -0.0504. The fourth-order valence-corrected chi connectivity index (χ4v) is 1.55. The standard InChI is InChI=1S/C14H21F2NO/c1-14(2,3)8-9-17-10-11-6-4-5-7-12(11)18-13(15)16/h4-7,13,17H,8-10H2,1-3H3. The van der Waals surface area contributed by atoms with Crippen molar-refractivity contribution in [1.29, 1.82) is 0 Å². The number of benzene rings is 1. The lowest BCUT2D eigenvalue weighted by Gasteiger charge is -2.18. The summed E-state index contributed by atoms with van der Waals surface area (Å²) in [6.45, 7) is 5.12. The molecule has 0 aliphatic rings. The van der Waals surface area contributed by atoms with Gasteiger partial charge in [0.05, 0.1) is 0 Å². The van der Waals surface area contributed by atoms with E-state index in [0.717, 1.165) is 18.5 Å².